The predicted molar refractivity (Wildman–Crippen MR) is 99.4 cm³/mol. The molecule has 1 aromatic rings. The summed E-state index contributed by atoms with van der Waals surface area (Å²) in [6.45, 7) is 3.21. The van der Waals surface area contributed by atoms with E-state index in [0.717, 1.165) is 0 Å². The molecule has 7 atom stereocenters. The Bertz CT molecular complexity index is 975. The number of allylic oxidation sites excluding steroid dienone is 1. The lowest BCUT2D eigenvalue weighted by Gasteiger charge is -2.58. The standard InChI is InChI=1S/C22H22O8/c1-11(23)29-15-4-3-14-19(25)28-10-22(14)7-5-13-20(26)30-16(12-6-8-27-9-12)18(24)21(13,2)17(15)22/h3-6,8-9,14-18,24H,7,10H2,1-2H3/t14-,15+,16-,17+,18-,21-,22+/m0/s1. The molecule has 1 N–H and O–H groups in total. The largest absolute Gasteiger partial charge is 0.472 e. The molecule has 8 heteroatoms. The lowest BCUT2D eigenvalue weighted by molar-refractivity contribution is -0.196. The van der Waals surface area contributed by atoms with Crippen LogP contribution in [0.15, 0.2) is 46.8 Å². The van der Waals surface area contributed by atoms with Crippen LogP contribution in [0.25, 0.3) is 0 Å². The minimum absolute atomic E-state index is 0.126. The van der Waals surface area contributed by atoms with Crippen LogP contribution in [-0.4, -0.2) is 41.8 Å². The number of ether oxygens (including phenoxy) is 3. The maximum absolute atomic E-state index is 13.0. The number of carbonyl (C=O) groups excluding carboxylic acids is 3. The Labute approximate surface area is 172 Å². The fraction of sp³-hybridized carbons (Fsp3) is 0.500. The maximum atomic E-state index is 13.0. The third-order valence-electron chi connectivity index (χ3n) is 7.24. The van der Waals surface area contributed by atoms with Gasteiger partial charge in [0.25, 0.3) is 0 Å². The van der Waals surface area contributed by atoms with Crippen molar-refractivity contribution in [2.24, 2.45) is 22.7 Å². The average molecular weight is 414 g/mol. The summed E-state index contributed by atoms with van der Waals surface area (Å²) in [7, 11) is 0. The molecule has 2 fully saturated rings. The molecule has 30 heavy (non-hydrogen) atoms. The number of esters is 3. The molecular weight excluding hydrogens is 392 g/mol. The highest BCUT2D eigenvalue weighted by atomic mass is 16.6. The monoisotopic (exact) mass is 414 g/mol. The van der Waals surface area contributed by atoms with Crippen molar-refractivity contribution >= 4 is 17.9 Å². The van der Waals surface area contributed by atoms with Crippen molar-refractivity contribution in [1.82, 2.24) is 0 Å². The number of aliphatic hydroxyl groups is 1. The van der Waals surface area contributed by atoms with Gasteiger partial charge in [0, 0.05) is 34.8 Å². The molecule has 0 bridgehead atoms. The van der Waals surface area contributed by atoms with Crippen molar-refractivity contribution in [3.05, 3.63) is 48.0 Å². The summed E-state index contributed by atoms with van der Waals surface area (Å²) in [5.74, 6) is -2.48. The van der Waals surface area contributed by atoms with E-state index in [-0.39, 0.29) is 12.6 Å². The summed E-state index contributed by atoms with van der Waals surface area (Å²) >= 11 is 0. The van der Waals surface area contributed by atoms with Crippen molar-refractivity contribution in [3.8, 4) is 0 Å². The van der Waals surface area contributed by atoms with Crippen LogP contribution in [0, 0.1) is 22.7 Å². The molecule has 158 valence electrons. The highest BCUT2D eigenvalue weighted by molar-refractivity contribution is 5.92. The Kier molecular flexibility index (Phi) is 4.02. The SMILES string of the molecule is CC(=O)O[C@@H]1C=C[C@H]2C(=O)OC[C@]23CC=C2C(=O)O[C@@H](c4ccoc4)[C@H](O)[C@]2(C)[C@@H]13. The molecule has 5 rings (SSSR count). The minimum atomic E-state index is -1.15. The topological polar surface area (TPSA) is 112 Å². The molecule has 2 aliphatic carbocycles. The van der Waals surface area contributed by atoms with Crippen LogP contribution < -0.4 is 0 Å². The number of hydrogen-bond acceptors (Lipinski definition) is 8. The minimum Gasteiger partial charge on any atom is -0.472 e. The van der Waals surface area contributed by atoms with Crippen molar-refractivity contribution in [3.63, 3.8) is 0 Å². The summed E-state index contributed by atoms with van der Waals surface area (Å²) in [5.41, 5.74) is -1.02. The van der Waals surface area contributed by atoms with Crippen LogP contribution in [0.1, 0.15) is 31.9 Å². The number of cyclic esters (lactones) is 2. The van der Waals surface area contributed by atoms with Gasteiger partial charge in [-0.15, -0.1) is 0 Å². The zero-order valence-corrected chi connectivity index (χ0v) is 16.6. The van der Waals surface area contributed by atoms with Crippen LogP contribution in [0.5, 0.6) is 0 Å². The molecule has 0 saturated carbocycles. The Balaban J connectivity index is 1.69. The van der Waals surface area contributed by atoms with Crippen LogP contribution in [0.3, 0.4) is 0 Å². The van der Waals surface area contributed by atoms with Gasteiger partial charge in [-0.05, 0) is 18.6 Å². The number of hydrogen-bond donors (Lipinski definition) is 1. The summed E-state index contributed by atoms with van der Waals surface area (Å²) in [5, 5.41) is 11.5. The predicted octanol–water partition coefficient (Wildman–Crippen LogP) is 1.85. The van der Waals surface area contributed by atoms with Gasteiger partial charge in [-0.1, -0.05) is 19.1 Å². The molecule has 2 aliphatic heterocycles. The molecule has 0 aromatic carbocycles. The fourth-order valence-electron chi connectivity index (χ4n) is 5.95. The van der Waals surface area contributed by atoms with Gasteiger partial charge >= 0.3 is 17.9 Å². The van der Waals surface area contributed by atoms with Gasteiger partial charge < -0.3 is 23.7 Å². The van der Waals surface area contributed by atoms with E-state index < -0.39 is 52.9 Å². The molecule has 8 nitrogen and oxygen atoms in total. The van der Waals surface area contributed by atoms with Crippen molar-refractivity contribution in [2.75, 3.05) is 6.61 Å². The van der Waals surface area contributed by atoms with E-state index in [1.165, 1.54) is 19.5 Å². The van der Waals surface area contributed by atoms with Gasteiger partial charge in [0.2, 0.25) is 0 Å². The molecule has 3 heterocycles. The van der Waals surface area contributed by atoms with Crippen LogP contribution in [0.4, 0.5) is 0 Å². The second-order valence-electron chi connectivity index (χ2n) is 8.69. The third kappa shape index (κ3) is 2.34. The lowest BCUT2D eigenvalue weighted by atomic mass is 9.46. The van der Waals surface area contributed by atoms with E-state index in [9.17, 15) is 19.5 Å². The van der Waals surface area contributed by atoms with Crippen LogP contribution in [0.2, 0.25) is 0 Å². The zero-order chi connectivity index (χ0) is 21.3. The van der Waals surface area contributed by atoms with Gasteiger partial charge in [-0.2, -0.15) is 0 Å². The van der Waals surface area contributed by atoms with Crippen molar-refractivity contribution in [2.45, 2.75) is 38.6 Å². The summed E-state index contributed by atoms with van der Waals surface area (Å²) in [4.78, 5) is 37.3. The van der Waals surface area contributed by atoms with Gasteiger partial charge in [-0.25, -0.2) is 4.79 Å². The van der Waals surface area contributed by atoms with Gasteiger partial charge in [0.1, 0.15) is 12.2 Å². The van der Waals surface area contributed by atoms with Crippen molar-refractivity contribution in [1.29, 1.82) is 0 Å². The van der Waals surface area contributed by atoms with E-state index >= 15 is 0 Å². The molecule has 0 unspecified atom stereocenters. The molecule has 0 amide bonds. The summed E-state index contributed by atoms with van der Waals surface area (Å²) in [6.07, 6.45) is 5.55. The number of furan rings is 1. The number of rotatable bonds is 2. The Hall–Kier alpha value is -2.87. The van der Waals surface area contributed by atoms with Gasteiger partial charge in [0.05, 0.1) is 25.1 Å². The second-order valence-corrected chi connectivity index (χ2v) is 8.69. The number of fused-ring (bicyclic) bond motifs is 2. The first-order valence-corrected chi connectivity index (χ1v) is 9.93. The highest BCUT2D eigenvalue weighted by Crippen LogP contribution is 2.64. The number of aliphatic hydroxyl groups excluding tert-OH is 1. The summed E-state index contributed by atoms with van der Waals surface area (Å²) < 4.78 is 21.7. The molecule has 0 radical (unpaired) electrons. The van der Waals surface area contributed by atoms with E-state index in [1.54, 1.807) is 31.2 Å². The molecular formula is C22H22O8. The van der Waals surface area contributed by atoms with Gasteiger partial charge in [0.15, 0.2) is 6.10 Å². The first-order chi connectivity index (χ1) is 14.3. The van der Waals surface area contributed by atoms with E-state index in [0.29, 0.717) is 17.6 Å². The van der Waals surface area contributed by atoms with Gasteiger partial charge in [-0.3, -0.25) is 9.59 Å². The second kappa shape index (κ2) is 6.31. The third-order valence-corrected chi connectivity index (χ3v) is 7.24. The normalized spacial score (nSPS) is 41.7. The smallest absolute Gasteiger partial charge is 0.335 e. The quantitative estimate of drug-likeness (QED) is 0.443. The Morgan fingerprint density at radius 1 is 1.30 bits per heavy atom. The van der Waals surface area contributed by atoms with Crippen LogP contribution in [-0.2, 0) is 28.6 Å². The molecule has 4 aliphatic rings. The average Bonchev–Trinajstić information content (AvgIpc) is 3.33. The first kappa shape index (κ1) is 19.1. The number of carbonyl (C=O) groups is 3. The molecule has 1 spiro atoms. The van der Waals surface area contributed by atoms with E-state index in [4.69, 9.17) is 18.6 Å². The lowest BCUT2D eigenvalue weighted by Crippen LogP contribution is -2.63. The summed E-state index contributed by atoms with van der Waals surface area (Å²) in [6, 6.07) is 1.63. The zero-order valence-electron chi connectivity index (χ0n) is 16.6. The fourth-order valence-corrected chi connectivity index (χ4v) is 5.95. The molecule has 1 aromatic heterocycles. The Morgan fingerprint density at radius 3 is 2.80 bits per heavy atom. The Morgan fingerprint density at radius 2 is 2.10 bits per heavy atom. The maximum Gasteiger partial charge on any atom is 0.335 e. The first-order valence-electron chi connectivity index (χ1n) is 9.93. The molecule has 2 saturated heterocycles. The van der Waals surface area contributed by atoms with E-state index in [1.807, 2.05) is 0 Å². The van der Waals surface area contributed by atoms with E-state index in [2.05, 4.69) is 0 Å². The van der Waals surface area contributed by atoms with Crippen molar-refractivity contribution < 1.29 is 38.1 Å². The van der Waals surface area contributed by atoms with Crippen LogP contribution >= 0.6 is 0 Å². The highest BCUT2D eigenvalue weighted by Gasteiger charge is 2.69.